The molecule has 0 saturated carbocycles. The number of carbonyl (C=O) groups is 1. The summed E-state index contributed by atoms with van der Waals surface area (Å²) in [5, 5.41) is 3.73. The second-order valence-electron chi connectivity index (χ2n) is 7.18. The largest absolute Gasteiger partial charge is 0.378 e. The Morgan fingerprint density at radius 2 is 1.92 bits per heavy atom. The molecule has 2 heterocycles. The van der Waals surface area contributed by atoms with Gasteiger partial charge in [0.1, 0.15) is 0 Å². The van der Waals surface area contributed by atoms with Gasteiger partial charge < -0.3 is 19.9 Å². The summed E-state index contributed by atoms with van der Waals surface area (Å²) in [5.41, 5.74) is 2.61. The summed E-state index contributed by atoms with van der Waals surface area (Å²) in [5.74, 6) is 0.751. The first-order valence-electron chi connectivity index (χ1n) is 9.58. The first-order valence-corrected chi connectivity index (χ1v) is 9.58. The van der Waals surface area contributed by atoms with Gasteiger partial charge in [-0.05, 0) is 30.0 Å². The van der Waals surface area contributed by atoms with E-state index in [1.54, 1.807) is 6.92 Å². The molecular weight excluding hydrogens is 314 g/mol. The van der Waals surface area contributed by atoms with Crippen molar-refractivity contribution in [2.75, 3.05) is 44.3 Å². The molecule has 2 atom stereocenters. The van der Waals surface area contributed by atoms with Gasteiger partial charge in [-0.2, -0.15) is 0 Å². The standard InChI is InChI=1S/C20H31N3O2/c1-3-18-15-23(16(2)24)9-8-20(18)21-14-17-4-6-19(7-5-17)22-10-12-25-13-11-22/h4-7,18,20-21H,3,8-15H2,1-2H3/t18-,20-/m0/s1. The molecule has 5 heteroatoms. The van der Waals surface area contributed by atoms with Crippen LogP contribution in [0.4, 0.5) is 5.69 Å². The van der Waals surface area contributed by atoms with Gasteiger partial charge in [0.15, 0.2) is 0 Å². The van der Waals surface area contributed by atoms with Crippen LogP contribution < -0.4 is 10.2 Å². The van der Waals surface area contributed by atoms with Gasteiger partial charge >= 0.3 is 0 Å². The minimum atomic E-state index is 0.204. The Hall–Kier alpha value is -1.59. The van der Waals surface area contributed by atoms with Crippen LogP contribution in [0.15, 0.2) is 24.3 Å². The Labute approximate surface area is 151 Å². The summed E-state index contributed by atoms with van der Waals surface area (Å²) in [6, 6.07) is 9.39. The van der Waals surface area contributed by atoms with Crippen molar-refractivity contribution in [2.45, 2.75) is 39.3 Å². The third-order valence-electron chi connectivity index (χ3n) is 5.58. The lowest BCUT2D eigenvalue weighted by Gasteiger charge is -2.38. The number of piperidine rings is 1. The van der Waals surface area contributed by atoms with Crippen LogP contribution in [0.2, 0.25) is 0 Å². The molecule has 1 aromatic rings. The van der Waals surface area contributed by atoms with Crippen molar-refractivity contribution in [1.82, 2.24) is 10.2 Å². The van der Waals surface area contributed by atoms with Crippen LogP contribution in [0.25, 0.3) is 0 Å². The summed E-state index contributed by atoms with van der Waals surface area (Å²) in [7, 11) is 0. The number of benzene rings is 1. The zero-order chi connectivity index (χ0) is 17.6. The molecule has 0 radical (unpaired) electrons. The number of rotatable bonds is 5. The van der Waals surface area contributed by atoms with Crippen LogP contribution in [0, 0.1) is 5.92 Å². The molecule has 1 amide bonds. The van der Waals surface area contributed by atoms with Crippen LogP contribution in [0.5, 0.6) is 0 Å². The van der Waals surface area contributed by atoms with Crippen LogP contribution in [0.3, 0.4) is 0 Å². The average Bonchev–Trinajstić information content (AvgIpc) is 2.67. The molecule has 1 N–H and O–H groups in total. The number of nitrogens with zero attached hydrogens (tertiary/aromatic N) is 2. The predicted octanol–water partition coefficient (Wildman–Crippen LogP) is 2.26. The van der Waals surface area contributed by atoms with Crippen LogP contribution in [-0.4, -0.2) is 56.2 Å². The highest BCUT2D eigenvalue weighted by Gasteiger charge is 2.28. The predicted molar refractivity (Wildman–Crippen MR) is 101 cm³/mol. The molecule has 0 unspecified atom stereocenters. The fraction of sp³-hybridized carbons (Fsp3) is 0.650. The summed E-state index contributed by atoms with van der Waals surface area (Å²) in [4.78, 5) is 16.0. The Bertz CT molecular complexity index is 555. The maximum Gasteiger partial charge on any atom is 0.219 e. The van der Waals surface area contributed by atoms with E-state index in [9.17, 15) is 4.79 Å². The number of nitrogens with one attached hydrogen (secondary N) is 1. The van der Waals surface area contributed by atoms with Crippen LogP contribution in [-0.2, 0) is 16.1 Å². The number of morpholine rings is 1. The summed E-state index contributed by atoms with van der Waals surface area (Å²) in [6.07, 6.45) is 2.15. The maximum absolute atomic E-state index is 11.6. The van der Waals surface area contributed by atoms with Gasteiger partial charge in [0.05, 0.1) is 13.2 Å². The zero-order valence-corrected chi connectivity index (χ0v) is 15.5. The number of hydrogen-bond donors (Lipinski definition) is 1. The highest BCUT2D eigenvalue weighted by Crippen LogP contribution is 2.21. The molecule has 138 valence electrons. The Balaban J connectivity index is 1.51. The number of carbonyl (C=O) groups excluding carboxylic acids is 1. The zero-order valence-electron chi connectivity index (χ0n) is 15.5. The number of ether oxygens (including phenoxy) is 1. The molecule has 2 fully saturated rings. The van der Waals surface area contributed by atoms with Crippen LogP contribution >= 0.6 is 0 Å². The fourth-order valence-corrected chi connectivity index (χ4v) is 3.90. The molecule has 5 nitrogen and oxygen atoms in total. The highest BCUT2D eigenvalue weighted by molar-refractivity contribution is 5.73. The molecule has 0 bridgehead atoms. The lowest BCUT2D eigenvalue weighted by molar-refractivity contribution is -0.131. The number of hydrogen-bond acceptors (Lipinski definition) is 4. The van der Waals surface area contributed by atoms with Gasteiger partial charge in [0, 0.05) is 51.4 Å². The Kier molecular flexibility index (Phi) is 6.32. The van der Waals surface area contributed by atoms with E-state index < -0.39 is 0 Å². The van der Waals surface area contributed by atoms with Crippen molar-refractivity contribution in [3.05, 3.63) is 29.8 Å². The summed E-state index contributed by atoms with van der Waals surface area (Å²) >= 11 is 0. The Morgan fingerprint density at radius 1 is 1.20 bits per heavy atom. The third-order valence-corrected chi connectivity index (χ3v) is 5.58. The molecule has 2 aliphatic rings. The van der Waals surface area contributed by atoms with Crippen LogP contribution in [0.1, 0.15) is 32.3 Å². The van der Waals surface area contributed by atoms with Gasteiger partial charge in [0.2, 0.25) is 5.91 Å². The quantitative estimate of drug-likeness (QED) is 0.889. The van der Waals surface area contributed by atoms with Gasteiger partial charge in [-0.15, -0.1) is 0 Å². The molecule has 0 aliphatic carbocycles. The van der Waals surface area contributed by atoms with Gasteiger partial charge in [0.25, 0.3) is 0 Å². The lowest BCUT2D eigenvalue weighted by Crippen LogP contribution is -2.50. The normalized spacial score (nSPS) is 24.4. The maximum atomic E-state index is 11.6. The Morgan fingerprint density at radius 3 is 2.56 bits per heavy atom. The number of likely N-dealkylation sites (tertiary alicyclic amines) is 1. The molecule has 3 rings (SSSR count). The van der Waals surface area contributed by atoms with E-state index in [0.29, 0.717) is 12.0 Å². The molecule has 25 heavy (non-hydrogen) atoms. The molecule has 2 saturated heterocycles. The molecular formula is C20H31N3O2. The van der Waals surface area contributed by atoms with E-state index in [-0.39, 0.29) is 5.91 Å². The number of amides is 1. The third kappa shape index (κ3) is 4.73. The van der Waals surface area contributed by atoms with Gasteiger partial charge in [-0.1, -0.05) is 25.5 Å². The highest BCUT2D eigenvalue weighted by atomic mass is 16.5. The first-order chi connectivity index (χ1) is 12.2. The SMILES string of the molecule is CC[C@H]1CN(C(C)=O)CC[C@@H]1NCc1ccc(N2CCOCC2)cc1. The van der Waals surface area contributed by atoms with Crippen molar-refractivity contribution >= 4 is 11.6 Å². The topological polar surface area (TPSA) is 44.8 Å². The van der Waals surface area contributed by atoms with E-state index in [1.807, 2.05) is 4.90 Å². The average molecular weight is 345 g/mol. The van der Waals surface area contributed by atoms with Crippen molar-refractivity contribution in [3.63, 3.8) is 0 Å². The molecule has 1 aromatic carbocycles. The van der Waals surface area contributed by atoms with Gasteiger partial charge in [-0.25, -0.2) is 0 Å². The smallest absolute Gasteiger partial charge is 0.219 e. The monoisotopic (exact) mass is 345 g/mol. The molecule has 2 aliphatic heterocycles. The minimum Gasteiger partial charge on any atom is -0.378 e. The van der Waals surface area contributed by atoms with Crippen molar-refractivity contribution in [2.24, 2.45) is 5.92 Å². The minimum absolute atomic E-state index is 0.204. The van der Waals surface area contributed by atoms with E-state index in [0.717, 1.165) is 58.8 Å². The first kappa shape index (κ1) is 18.2. The summed E-state index contributed by atoms with van der Waals surface area (Å²) in [6.45, 7) is 10.1. The van der Waals surface area contributed by atoms with Gasteiger partial charge in [-0.3, -0.25) is 4.79 Å². The lowest BCUT2D eigenvalue weighted by atomic mass is 9.89. The van der Waals surface area contributed by atoms with E-state index >= 15 is 0 Å². The van der Waals surface area contributed by atoms with Crippen molar-refractivity contribution in [3.8, 4) is 0 Å². The molecule has 0 aromatic heterocycles. The second kappa shape index (κ2) is 8.68. The van der Waals surface area contributed by atoms with Crippen molar-refractivity contribution < 1.29 is 9.53 Å². The fourth-order valence-electron chi connectivity index (χ4n) is 3.90. The number of anilines is 1. The van der Waals surface area contributed by atoms with E-state index in [1.165, 1.54) is 11.3 Å². The molecule has 0 spiro atoms. The van der Waals surface area contributed by atoms with Crippen molar-refractivity contribution in [1.29, 1.82) is 0 Å². The second-order valence-corrected chi connectivity index (χ2v) is 7.18. The van der Waals surface area contributed by atoms with E-state index in [4.69, 9.17) is 4.74 Å². The van der Waals surface area contributed by atoms with E-state index in [2.05, 4.69) is 41.4 Å². The summed E-state index contributed by atoms with van der Waals surface area (Å²) < 4.78 is 5.42.